The van der Waals surface area contributed by atoms with Gasteiger partial charge in [0.15, 0.2) is 5.76 Å². The maximum atomic E-state index is 12.2. The maximum Gasteiger partial charge on any atom is 0.287 e. The number of nitrogens with zero attached hydrogens (tertiary/aromatic N) is 1. The van der Waals surface area contributed by atoms with E-state index in [4.69, 9.17) is 13.9 Å². The Balaban J connectivity index is 1.55. The molecule has 21 heavy (non-hydrogen) atoms. The summed E-state index contributed by atoms with van der Waals surface area (Å²) in [6, 6.07) is 4.04. The van der Waals surface area contributed by atoms with Crippen molar-refractivity contribution in [3.63, 3.8) is 0 Å². The molecule has 0 bridgehead atoms. The Labute approximate surface area is 124 Å². The number of fused-ring (bicyclic) bond motifs is 1. The number of amides is 1. The van der Waals surface area contributed by atoms with Crippen LogP contribution in [-0.2, 0) is 16.1 Å². The van der Waals surface area contributed by atoms with Crippen LogP contribution in [0.2, 0.25) is 0 Å². The molecule has 2 aliphatic rings. The lowest BCUT2D eigenvalue weighted by molar-refractivity contribution is -0.0390. The highest BCUT2D eigenvalue weighted by atomic mass is 16.5. The van der Waals surface area contributed by atoms with Crippen molar-refractivity contribution in [2.75, 3.05) is 26.8 Å². The Morgan fingerprint density at radius 1 is 1.48 bits per heavy atom. The molecule has 0 aromatic carbocycles. The summed E-state index contributed by atoms with van der Waals surface area (Å²) in [6.07, 6.45) is 1.21. The van der Waals surface area contributed by atoms with E-state index in [1.165, 1.54) is 0 Å². The van der Waals surface area contributed by atoms with Crippen LogP contribution in [0.1, 0.15) is 29.7 Å². The zero-order valence-corrected chi connectivity index (χ0v) is 12.5. The summed E-state index contributed by atoms with van der Waals surface area (Å²) in [5, 5.41) is 3.05. The van der Waals surface area contributed by atoms with Crippen LogP contribution in [0, 0.1) is 0 Å². The van der Waals surface area contributed by atoms with Crippen LogP contribution in [0.25, 0.3) is 0 Å². The molecule has 1 aromatic heterocycles. The van der Waals surface area contributed by atoms with Gasteiger partial charge in [-0.15, -0.1) is 0 Å². The molecule has 0 aliphatic carbocycles. The SMILES string of the molecule is COCc1ccc(C(=O)N[C@H]2C[C@H]3CO[C@@H](C)CN3C2)o1. The van der Waals surface area contributed by atoms with Gasteiger partial charge in [0, 0.05) is 32.3 Å². The molecular weight excluding hydrogens is 272 g/mol. The molecule has 3 atom stereocenters. The Morgan fingerprint density at radius 2 is 2.33 bits per heavy atom. The van der Waals surface area contributed by atoms with E-state index < -0.39 is 0 Å². The fraction of sp³-hybridized carbons (Fsp3) is 0.667. The number of methoxy groups -OCH3 is 1. The average Bonchev–Trinajstić information content (AvgIpc) is 3.05. The van der Waals surface area contributed by atoms with Crippen LogP contribution >= 0.6 is 0 Å². The summed E-state index contributed by atoms with van der Waals surface area (Å²) < 4.78 is 16.1. The van der Waals surface area contributed by atoms with Gasteiger partial charge in [-0.3, -0.25) is 9.69 Å². The maximum absolute atomic E-state index is 12.2. The molecule has 1 amide bonds. The van der Waals surface area contributed by atoms with Gasteiger partial charge in [-0.1, -0.05) is 0 Å². The zero-order chi connectivity index (χ0) is 14.8. The van der Waals surface area contributed by atoms with Gasteiger partial charge in [0.1, 0.15) is 12.4 Å². The van der Waals surface area contributed by atoms with Crippen LogP contribution in [0.15, 0.2) is 16.5 Å². The molecule has 3 rings (SSSR count). The number of ether oxygens (including phenoxy) is 2. The van der Waals surface area contributed by atoms with E-state index in [0.29, 0.717) is 24.2 Å². The van der Waals surface area contributed by atoms with E-state index >= 15 is 0 Å². The number of carbonyl (C=O) groups excluding carboxylic acids is 1. The molecule has 116 valence electrons. The third kappa shape index (κ3) is 3.28. The van der Waals surface area contributed by atoms with Crippen LogP contribution < -0.4 is 5.32 Å². The van der Waals surface area contributed by atoms with Crippen molar-refractivity contribution >= 4 is 5.91 Å². The Morgan fingerprint density at radius 3 is 3.14 bits per heavy atom. The molecule has 2 aliphatic heterocycles. The summed E-state index contributed by atoms with van der Waals surface area (Å²) in [4.78, 5) is 14.6. The Kier molecular flexibility index (Phi) is 4.28. The molecule has 1 aromatic rings. The number of hydrogen-bond acceptors (Lipinski definition) is 5. The highest BCUT2D eigenvalue weighted by molar-refractivity contribution is 5.91. The largest absolute Gasteiger partial charge is 0.453 e. The topological polar surface area (TPSA) is 63.9 Å². The van der Waals surface area contributed by atoms with Gasteiger partial charge < -0.3 is 19.2 Å². The van der Waals surface area contributed by atoms with Crippen LogP contribution in [-0.4, -0.2) is 55.8 Å². The standard InChI is InChI=1S/C15H22N2O4/c1-10-6-17-7-11(5-12(17)8-20-10)16-15(18)14-4-3-13(21-14)9-19-2/h3-4,10-12H,5-9H2,1-2H3,(H,16,18)/t10-,11-,12-/m0/s1. The van der Waals surface area contributed by atoms with E-state index in [2.05, 4.69) is 17.1 Å². The van der Waals surface area contributed by atoms with E-state index in [1.54, 1.807) is 19.2 Å². The number of nitrogens with one attached hydrogen (secondary N) is 1. The predicted molar refractivity (Wildman–Crippen MR) is 76.1 cm³/mol. The van der Waals surface area contributed by atoms with Gasteiger partial charge in [-0.05, 0) is 25.5 Å². The van der Waals surface area contributed by atoms with E-state index in [-0.39, 0.29) is 18.1 Å². The van der Waals surface area contributed by atoms with Crippen LogP contribution in [0.4, 0.5) is 0 Å². The lowest BCUT2D eigenvalue weighted by atomic mass is 10.1. The van der Waals surface area contributed by atoms with Crippen molar-refractivity contribution in [1.29, 1.82) is 0 Å². The van der Waals surface area contributed by atoms with Gasteiger partial charge in [-0.25, -0.2) is 0 Å². The van der Waals surface area contributed by atoms with Crippen molar-refractivity contribution in [3.8, 4) is 0 Å². The van der Waals surface area contributed by atoms with Crippen molar-refractivity contribution in [3.05, 3.63) is 23.7 Å². The number of rotatable bonds is 4. The number of furan rings is 1. The van der Waals surface area contributed by atoms with Crippen LogP contribution in [0.5, 0.6) is 0 Å². The summed E-state index contributed by atoms with van der Waals surface area (Å²) in [5.41, 5.74) is 0. The molecular formula is C15H22N2O4. The first kappa shape index (κ1) is 14.6. The quantitative estimate of drug-likeness (QED) is 0.898. The summed E-state index contributed by atoms with van der Waals surface area (Å²) in [7, 11) is 1.60. The average molecular weight is 294 g/mol. The highest BCUT2D eigenvalue weighted by Crippen LogP contribution is 2.23. The zero-order valence-electron chi connectivity index (χ0n) is 12.5. The van der Waals surface area contributed by atoms with E-state index in [1.807, 2.05) is 0 Å². The van der Waals surface area contributed by atoms with Crippen molar-refractivity contribution in [2.45, 2.75) is 38.1 Å². The number of morpholine rings is 1. The Hall–Kier alpha value is -1.37. The van der Waals surface area contributed by atoms with Gasteiger partial charge in [0.25, 0.3) is 5.91 Å². The highest BCUT2D eigenvalue weighted by Gasteiger charge is 2.37. The second-order valence-electron chi connectivity index (χ2n) is 5.86. The molecule has 3 heterocycles. The molecule has 6 heteroatoms. The molecule has 2 saturated heterocycles. The summed E-state index contributed by atoms with van der Waals surface area (Å²) >= 11 is 0. The normalized spacial score (nSPS) is 29.3. The van der Waals surface area contributed by atoms with Crippen molar-refractivity contribution in [2.24, 2.45) is 0 Å². The van der Waals surface area contributed by atoms with Crippen molar-refractivity contribution in [1.82, 2.24) is 10.2 Å². The lowest BCUT2D eigenvalue weighted by Crippen LogP contribution is -2.45. The minimum Gasteiger partial charge on any atom is -0.453 e. The van der Waals surface area contributed by atoms with E-state index in [0.717, 1.165) is 26.1 Å². The molecule has 0 unspecified atom stereocenters. The van der Waals surface area contributed by atoms with Crippen molar-refractivity contribution < 1.29 is 18.7 Å². The monoisotopic (exact) mass is 294 g/mol. The van der Waals surface area contributed by atoms with Crippen LogP contribution in [0.3, 0.4) is 0 Å². The molecule has 1 N–H and O–H groups in total. The lowest BCUT2D eigenvalue weighted by Gasteiger charge is -2.33. The molecule has 6 nitrogen and oxygen atoms in total. The number of carbonyl (C=O) groups is 1. The second kappa shape index (κ2) is 6.17. The first-order valence-electron chi connectivity index (χ1n) is 7.40. The summed E-state index contributed by atoms with van der Waals surface area (Å²) in [5.74, 6) is 0.849. The Bertz CT molecular complexity index is 502. The molecule has 0 spiro atoms. The molecule has 2 fully saturated rings. The van der Waals surface area contributed by atoms with E-state index in [9.17, 15) is 4.79 Å². The fourth-order valence-electron chi connectivity index (χ4n) is 3.12. The minimum absolute atomic E-state index is 0.156. The molecule has 0 saturated carbocycles. The number of hydrogen-bond donors (Lipinski definition) is 1. The first-order chi connectivity index (χ1) is 10.2. The smallest absolute Gasteiger partial charge is 0.287 e. The second-order valence-corrected chi connectivity index (χ2v) is 5.86. The predicted octanol–water partition coefficient (Wildman–Crippen LogP) is 1.02. The first-order valence-corrected chi connectivity index (χ1v) is 7.40. The minimum atomic E-state index is -0.156. The fourth-order valence-corrected chi connectivity index (χ4v) is 3.12. The summed E-state index contributed by atoms with van der Waals surface area (Å²) in [6.45, 7) is 5.04. The molecule has 0 radical (unpaired) electrons. The third-order valence-corrected chi connectivity index (χ3v) is 4.10. The van der Waals surface area contributed by atoms with Gasteiger partial charge in [0.2, 0.25) is 0 Å². The van der Waals surface area contributed by atoms with Gasteiger partial charge >= 0.3 is 0 Å². The van der Waals surface area contributed by atoms with Gasteiger partial charge in [-0.2, -0.15) is 0 Å². The third-order valence-electron chi connectivity index (χ3n) is 4.10. The van der Waals surface area contributed by atoms with Gasteiger partial charge in [0.05, 0.1) is 12.7 Å².